The lowest BCUT2D eigenvalue weighted by Gasteiger charge is -2.35. The average molecular weight is 276 g/mol. The number of carbonyl (C=O) groups is 1. The van der Waals surface area contributed by atoms with Crippen LogP contribution in [0.5, 0.6) is 0 Å². The summed E-state index contributed by atoms with van der Waals surface area (Å²) in [5, 5.41) is 2.88. The Kier molecular flexibility index (Phi) is 5.59. The van der Waals surface area contributed by atoms with Gasteiger partial charge in [0.1, 0.15) is 0 Å². The van der Waals surface area contributed by atoms with Crippen LogP contribution in [-0.4, -0.2) is 44.0 Å². The summed E-state index contributed by atoms with van der Waals surface area (Å²) in [6.07, 6.45) is 4.73. The third-order valence-electron chi connectivity index (χ3n) is 3.45. The Morgan fingerprint density at radius 2 is 2.06 bits per heavy atom. The van der Waals surface area contributed by atoms with Crippen LogP contribution in [0.4, 0.5) is 0 Å². The normalized spacial score (nSPS) is 25.9. The number of nitrogens with zero attached hydrogens (tertiary/aromatic N) is 1. The van der Waals surface area contributed by atoms with E-state index in [2.05, 4.69) is 12.2 Å². The highest BCUT2D eigenvalue weighted by Gasteiger charge is 2.34. The van der Waals surface area contributed by atoms with E-state index in [4.69, 9.17) is 0 Å². The van der Waals surface area contributed by atoms with Crippen molar-refractivity contribution in [2.24, 2.45) is 5.92 Å². The van der Waals surface area contributed by atoms with Gasteiger partial charge in [0, 0.05) is 19.1 Å². The molecule has 0 aliphatic carbocycles. The van der Waals surface area contributed by atoms with E-state index in [0.29, 0.717) is 13.1 Å². The van der Waals surface area contributed by atoms with Crippen LogP contribution < -0.4 is 5.32 Å². The standard InChI is InChI=1S/C12H24N2O3S/c1-4-5-8-13-12(15)11-7-6-10(2)14(9-11)18(3,16)17/h10-11H,4-9H2,1-3H3,(H,13,15). The summed E-state index contributed by atoms with van der Waals surface area (Å²) in [5.74, 6) is -0.211. The summed E-state index contributed by atoms with van der Waals surface area (Å²) < 4.78 is 24.7. The molecule has 2 unspecified atom stereocenters. The second-order valence-electron chi connectivity index (χ2n) is 5.10. The van der Waals surface area contributed by atoms with E-state index in [1.54, 1.807) is 0 Å². The Morgan fingerprint density at radius 1 is 1.39 bits per heavy atom. The van der Waals surface area contributed by atoms with E-state index in [1.165, 1.54) is 10.6 Å². The van der Waals surface area contributed by atoms with Gasteiger partial charge in [0.25, 0.3) is 0 Å². The highest BCUT2D eigenvalue weighted by atomic mass is 32.2. The van der Waals surface area contributed by atoms with Crippen LogP contribution >= 0.6 is 0 Å². The minimum Gasteiger partial charge on any atom is -0.356 e. The molecule has 0 spiro atoms. The Bertz CT molecular complexity index is 381. The zero-order chi connectivity index (χ0) is 13.8. The Hall–Kier alpha value is -0.620. The van der Waals surface area contributed by atoms with Gasteiger partial charge in [0.15, 0.2) is 0 Å². The third-order valence-corrected chi connectivity index (χ3v) is 4.81. The molecule has 0 aromatic carbocycles. The summed E-state index contributed by atoms with van der Waals surface area (Å²) in [6, 6.07) is -0.000285. The predicted molar refractivity (Wildman–Crippen MR) is 71.7 cm³/mol. The number of nitrogens with one attached hydrogen (secondary N) is 1. The van der Waals surface area contributed by atoms with Gasteiger partial charge in [-0.3, -0.25) is 4.79 Å². The summed E-state index contributed by atoms with van der Waals surface area (Å²) in [5.41, 5.74) is 0. The first-order valence-corrected chi connectivity index (χ1v) is 8.45. The molecule has 1 heterocycles. The average Bonchev–Trinajstić information content (AvgIpc) is 2.28. The zero-order valence-electron chi connectivity index (χ0n) is 11.5. The number of piperidine rings is 1. The number of unbranched alkanes of at least 4 members (excludes halogenated alkanes) is 1. The highest BCUT2D eigenvalue weighted by Crippen LogP contribution is 2.24. The Balaban J connectivity index is 2.56. The van der Waals surface area contributed by atoms with E-state index < -0.39 is 10.0 Å². The van der Waals surface area contributed by atoms with Gasteiger partial charge in [-0.25, -0.2) is 8.42 Å². The van der Waals surface area contributed by atoms with Crippen LogP contribution in [0.2, 0.25) is 0 Å². The number of hydrogen-bond acceptors (Lipinski definition) is 3. The van der Waals surface area contributed by atoms with Gasteiger partial charge in [-0.15, -0.1) is 0 Å². The molecule has 18 heavy (non-hydrogen) atoms. The molecule has 0 radical (unpaired) electrons. The highest BCUT2D eigenvalue weighted by molar-refractivity contribution is 7.88. The zero-order valence-corrected chi connectivity index (χ0v) is 12.3. The van der Waals surface area contributed by atoms with Crippen molar-refractivity contribution in [1.29, 1.82) is 0 Å². The molecule has 6 heteroatoms. The lowest BCUT2D eigenvalue weighted by Crippen LogP contribution is -2.49. The van der Waals surface area contributed by atoms with Gasteiger partial charge in [0.05, 0.1) is 12.2 Å². The van der Waals surface area contributed by atoms with Crippen LogP contribution in [0.25, 0.3) is 0 Å². The van der Waals surface area contributed by atoms with Crippen molar-refractivity contribution in [3.8, 4) is 0 Å². The first-order valence-electron chi connectivity index (χ1n) is 6.60. The maximum Gasteiger partial charge on any atom is 0.224 e. The Morgan fingerprint density at radius 3 is 2.61 bits per heavy atom. The lowest BCUT2D eigenvalue weighted by atomic mass is 9.94. The first-order chi connectivity index (χ1) is 8.36. The molecule has 1 aliphatic rings. The van der Waals surface area contributed by atoms with E-state index >= 15 is 0 Å². The number of rotatable bonds is 5. The maximum atomic E-state index is 11.9. The molecule has 0 aromatic heterocycles. The number of amides is 1. The van der Waals surface area contributed by atoms with Gasteiger partial charge in [0.2, 0.25) is 15.9 Å². The molecular formula is C12H24N2O3S. The van der Waals surface area contributed by atoms with Crippen molar-refractivity contribution in [2.45, 2.75) is 45.6 Å². The molecular weight excluding hydrogens is 252 g/mol. The third kappa shape index (κ3) is 4.24. The minimum atomic E-state index is -3.21. The molecule has 0 bridgehead atoms. The van der Waals surface area contributed by atoms with Gasteiger partial charge >= 0.3 is 0 Å². The van der Waals surface area contributed by atoms with E-state index in [-0.39, 0.29) is 17.9 Å². The SMILES string of the molecule is CCCCNC(=O)C1CCC(C)N(S(C)(=O)=O)C1. The fourth-order valence-corrected chi connectivity index (χ4v) is 3.49. The van der Waals surface area contributed by atoms with E-state index in [0.717, 1.165) is 25.7 Å². The van der Waals surface area contributed by atoms with Crippen molar-refractivity contribution in [1.82, 2.24) is 9.62 Å². The molecule has 1 saturated heterocycles. The monoisotopic (exact) mass is 276 g/mol. The van der Waals surface area contributed by atoms with Gasteiger partial charge < -0.3 is 5.32 Å². The molecule has 0 saturated carbocycles. The van der Waals surface area contributed by atoms with Crippen molar-refractivity contribution in [3.63, 3.8) is 0 Å². The van der Waals surface area contributed by atoms with Crippen molar-refractivity contribution in [3.05, 3.63) is 0 Å². The second-order valence-corrected chi connectivity index (χ2v) is 7.04. The van der Waals surface area contributed by atoms with Crippen LogP contribution in [-0.2, 0) is 14.8 Å². The number of hydrogen-bond donors (Lipinski definition) is 1. The summed E-state index contributed by atoms with van der Waals surface area (Å²) in [7, 11) is -3.21. The smallest absolute Gasteiger partial charge is 0.224 e. The molecule has 106 valence electrons. The van der Waals surface area contributed by atoms with Gasteiger partial charge in [-0.2, -0.15) is 4.31 Å². The molecule has 2 atom stereocenters. The van der Waals surface area contributed by atoms with Crippen LogP contribution in [0, 0.1) is 5.92 Å². The van der Waals surface area contributed by atoms with Crippen LogP contribution in [0.3, 0.4) is 0 Å². The van der Waals surface area contributed by atoms with Crippen LogP contribution in [0.1, 0.15) is 39.5 Å². The fraction of sp³-hybridized carbons (Fsp3) is 0.917. The predicted octanol–water partition coefficient (Wildman–Crippen LogP) is 0.963. The molecule has 1 N–H and O–H groups in total. The van der Waals surface area contributed by atoms with Crippen LogP contribution in [0.15, 0.2) is 0 Å². The quantitative estimate of drug-likeness (QED) is 0.761. The molecule has 1 amide bonds. The van der Waals surface area contributed by atoms with Gasteiger partial charge in [-0.05, 0) is 26.2 Å². The summed E-state index contributed by atoms with van der Waals surface area (Å²) in [4.78, 5) is 11.9. The number of carbonyl (C=O) groups excluding carboxylic acids is 1. The molecule has 1 rings (SSSR count). The fourth-order valence-electron chi connectivity index (χ4n) is 2.28. The lowest BCUT2D eigenvalue weighted by molar-refractivity contribution is -0.126. The molecule has 0 aromatic rings. The molecule has 5 nitrogen and oxygen atoms in total. The second kappa shape index (κ2) is 6.52. The topological polar surface area (TPSA) is 66.5 Å². The number of sulfonamides is 1. The van der Waals surface area contributed by atoms with Crippen molar-refractivity contribution in [2.75, 3.05) is 19.3 Å². The maximum absolute atomic E-state index is 11.9. The largest absolute Gasteiger partial charge is 0.356 e. The van der Waals surface area contributed by atoms with E-state index in [9.17, 15) is 13.2 Å². The molecule has 1 aliphatic heterocycles. The minimum absolute atomic E-state index is 0.000285. The summed E-state index contributed by atoms with van der Waals surface area (Å²) in [6.45, 7) is 4.96. The van der Waals surface area contributed by atoms with Gasteiger partial charge in [-0.1, -0.05) is 13.3 Å². The van der Waals surface area contributed by atoms with E-state index in [1.807, 2.05) is 6.92 Å². The summed E-state index contributed by atoms with van der Waals surface area (Å²) >= 11 is 0. The Labute approximate surface area is 110 Å². The van der Waals surface area contributed by atoms with Crippen molar-refractivity contribution >= 4 is 15.9 Å². The van der Waals surface area contributed by atoms with Crippen molar-refractivity contribution < 1.29 is 13.2 Å². The first kappa shape index (κ1) is 15.4. The molecule has 1 fully saturated rings.